The number of aromatic amines is 1. The molecule has 0 unspecified atom stereocenters. The molecule has 1 aliphatic heterocycles. The zero-order valence-corrected chi connectivity index (χ0v) is 12.4. The summed E-state index contributed by atoms with van der Waals surface area (Å²) in [6.45, 7) is 9.06. The maximum absolute atomic E-state index is 3.33. The molecule has 1 aromatic heterocycles. The van der Waals surface area contributed by atoms with E-state index in [1.165, 1.54) is 12.2 Å². The molecule has 2 heterocycles. The Balaban J connectivity index is 2.18. The van der Waals surface area contributed by atoms with E-state index in [-0.39, 0.29) is 9.84 Å². The van der Waals surface area contributed by atoms with Gasteiger partial charge in [-0.3, -0.25) is 0 Å². The normalized spacial score (nSPS) is 19.2. The lowest BCUT2D eigenvalue weighted by atomic mass is 9.62. The summed E-state index contributed by atoms with van der Waals surface area (Å²) in [7, 11) is 2.39. The lowest BCUT2D eigenvalue weighted by Crippen LogP contribution is -2.70. The Morgan fingerprint density at radius 1 is 1.35 bits per heavy atom. The van der Waals surface area contributed by atoms with Crippen LogP contribution in [0, 0.1) is 0 Å². The van der Waals surface area contributed by atoms with Gasteiger partial charge in [-0.1, -0.05) is 20.6 Å². The van der Waals surface area contributed by atoms with E-state index in [9.17, 15) is 0 Å². The van der Waals surface area contributed by atoms with Crippen LogP contribution < -0.4 is 4.48 Å². The number of nitrogens with one attached hydrogen (secondary N) is 1. The quantitative estimate of drug-likeness (QED) is 0.806. The van der Waals surface area contributed by atoms with Gasteiger partial charge in [-0.15, -0.1) is 0 Å². The highest BCUT2D eigenvalue weighted by Crippen LogP contribution is 2.19. The average Bonchev–Trinajstić information content (AvgIpc) is 2.83. The van der Waals surface area contributed by atoms with Crippen LogP contribution in [0.15, 0.2) is 18.3 Å². The molecule has 1 N–H and O–H groups in total. The fourth-order valence-electron chi connectivity index (χ4n) is 2.47. The van der Waals surface area contributed by atoms with E-state index in [2.05, 4.69) is 58.4 Å². The van der Waals surface area contributed by atoms with E-state index < -0.39 is 0 Å². The number of aromatic nitrogens is 1. The molecule has 0 spiro atoms. The van der Waals surface area contributed by atoms with Crippen LogP contribution in [0.3, 0.4) is 0 Å². The van der Waals surface area contributed by atoms with Gasteiger partial charge in [-0.2, -0.15) is 0 Å². The SMILES string of the molecule is CCCN1B(C)N(C)[SiH]N(c2ccc[nH]2)B1C. The summed E-state index contributed by atoms with van der Waals surface area (Å²) in [5.41, 5.74) is 0. The Labute approximate surface area is 108 Å². The number of H-pyrrole nitrogens is 1. The minimum atomic E-state index is 0.167. The molecule has 1 aliphatic rings. The first-order valence-electron chi connectivity index (χ1n) is 6.39. The molecular weight excluding hydrogens is 226 g/mol. The molecule has 0 saturated carbocycles. The van der Waals surface area contributed by atoms with Crippen LogP contribution in [-0.2, 0) is 0 Å². The molecule has 1 aromatic rings. The zero-order valence-electron chi connectivity index (χ0n) is 11.2. The van der Waals surface area contributed by atoms with Crippen LogP contribution in [0.25, 0.3) is 0 Å². The first-order valence-corrected chi connectivity index (χ1v) is 7.42. The highest BCUT2D eigenvalue weighted by Gasteiger charge is 2.39. The third-order valence-corrected chi connectivity index (χ3v) is 5.35. The number of hydrogen-bond donors (Lipinski definition) is 1. The molecule has 2 rings (SSSR count). The van der Waals surface area contributed by atoms with Gasteiger partial charge in [0.25, 0.3) is 6.98 Å². The fourth-order valence-corrected chi connectivity index (χ4v) is 3.88. The summed E-state index contributed by atoms with van der Waals surface area (Å²) in [4.78, 5) is 3.33. The molecule has 1 fully saturated rings. The van der Waals surface area contributed by atoms with Gasteiger partial charge in [0.15, 0.2) is 0 Å². The molecular formula is C10H21B2N4Si. The van der Waals surface area contributed by atoms with Crippen molar-refractivity contribution in [3.8, 4) is 0 Å². The zero-order chi connectivity index (χ0) is 12.4. The third kappa shape index (κ3) is 2.46. The van der Waals surface area contributed by atoms with Gasteiger partial charge < -0.3 is 18.7 Å². The minimum Gasteiger partial charge on any atom is -0.407 e. The Bertz CT molecular complexity index is 348. The largest absolute Gasteiger partial charge is 0.407 e. The van der Waals surface area contributed by atoms with Crippen LogP contribution in [0.5, 0.6) is 0 Å². The van der Waals surface area contributed by atoms with E-state index in [0.717, 1.165) is 6.54 Å². The van der Waals surface area contributed by atoms with Crippen LogP contribution in [-0.4, -0.2) is 51.6 Å². The van der Waals surface area contributed by atoms with Crippen molar-refractivity contribution in [3.63, 3.8) is 0 Å². The lowest BCUT2D eigenvalue weighted by molar-refractivity contribution is 0.566. The van der Waals surface area contributed by atoms with Crippen molar-refractivity contribution in [2.24, 2.45) is 0 Å². The maximum atomic E-state index is 3.33. The first kappa shape index (κ1) is 12.8. The van der Waals surface area contributed by atoms with Crippen LogP contribution in [0.4, 0.5) is 5.82 Å². The molecule has 7 heteroatoms. The van der Waals surface area contributed by atoms with Gasteiger partial charge in [0.05, 0.1) is 5.82 Å². The number of anilines is 1. The number of hydrogen-bond acceptors (Lipinski definition) is 3. The van der Waals surface area contributed by atoms with Crippen molar-refractivity contribution in [1.29, 1.82) is 0 Å². The fraction of sp³-hybridized carbons (Fsp3) is 0.600. The highest BCUT2D eigenvalue weighted by atomic mass is 28.2. The molecule has 4 nitrogen and oxygen atoms in total. The Morgan fingerprint density at radius 2 is 2.12 bits per heavy atom. The van der Waals surface area contributed by atoms with Crippen molar-refractivity contribution in [3.05, 3.63) is 18.3 Å². The molecule has 17 heavy (non-hydrogen) atoms. The minimum absolute atomic E-state index is 0.167. The van der Waals surface area contributed by atoms with Gasteiger partial charge in [0.1, 0.15) is 0 Å². The average molecular weight is 247 g/mol. The second-order valence-electron chi connectivity index (χ2n) is 4.75. The van der Waals surface area contributed by atoms with E-state index in [1.54, 1.807) is 0 Å². The Kier molecular flexibility index (Phi) is 4.01. The Hall–Kier alpha value is -0.653. The van der Waals surface area contributed by atoms with Gasteiger partial charge in [0.2, 0.25) is 9.84 Å². The summed E-state index contributed by atoms with van der Waals surface area (Å²) in [5, 5.41) is 0. The van der Waals surface area contributed by atoms with E-state index in [1.807, 2.05) is 6.20 Å². The lowest BCUT2D eigenvalue weighted by Gasteiger charge is -2.47. The van der Waals surface area contributed by atoms with Crippen LogP contribution >= 0.6 is 0 Å². The van der Waals surface area contributed by atoms with Gasteiger partial charge >= 0.3 is 6.98 Å². The topological polar surface area (TPSA) is 25.5 Å². The summed E-state index contributed by atoms with van der Waals surface area (Å²) in [6.07, 6.45) is 3.21. The monoisotopic (exact) mass is 247 g/mol. The summed E-state index contributed by atoms with van der Waals surface area (Å²) in [5.74, 6) is 1.24. The third-order valence-electron chi connectivity index (χ3n) is 3.60. The van der Waals surface area contributed by atoms with E-state index >= 15 is 0 Å². The predicted molar refractivity (Wildman–Crippen MR) is 78.4 cm³/mol. The number of rotatable bonds is 3. The first-order chi connectivity index (χ1) is 8.15. The Morgan fingerprint density at radius 3 is 2.71 bits per heavy atom. The molecule has 0 bridgehead atoms. The molecule has 0 aromatic carbocycles. The molecule has 91 valence electrons. The van der Waals surface area contributed by atoms with Crippen molar-refractivity contribution >= 4 is 29.6 Å². The molecule has 0 atom stereocenters. The van der Waals surface area contributed by atoms with Gasteiger partial charge in [0, 0.05) is 6.20 Å². The summed E-state index contributed by atoms with van der Waals surface area (Å²) >= 11 is 0. The second-order valence-corrected chi connectivity index (χ2v) is 6.35. The van der Waals surface area contributed by atoms with E-state index in [4.69, 9.17) is 0 Å². The molecule has 1 radical (unpaired) electrons. The maximum Gasteiger partial charge on any atom is 0.322 e. The smallest absolute Gasteiger partial charge is 0.322 e. The van der Waals surface area contributed by atoms with Gasteiger partial charge in [-0.25, -0.2) is 0 Å². The van der Waals surface area contributed by atoms with Crippen molar-refractivity contribution in [2.75, 3.05) is 18.1 Å². The number of nitrogens with zero attached hydrogens (tertiary/aromatic N) is 3. The van der Waals surface area contributed by atoms with Crippen LogP contribution in [0.1, 0.15) is 13.3 Å². The summed E-state index contributed by atoms with van der Waals surface area (Å²) in [6, 6.07) is 4.24. The van der Waals surface area contributed by atoms with Crippen molar-refractivity contribution in [2.45, 2.75) is 27.0 Å². The van der Waals surface area contributed by atoms with Crippen molar-refractivity contribution < 1.29 is 0 Å². The highest BCUT2D eigenvalue weighted by molar-refractivity contribution is 6.86. The molecule has 0 amide bonds. The molecule has 0 aliphatic carbocycles. The van der Waals surface area contributed by atoms with E-state index in [0.29, 0.717) is 14.0 Å². The second kappa shape index (κ2) is 5.33. The standard InChI is InChI=1S/C10H21B2N4Si/c1-5-9-15-11(2)14(4)17-16(12(15)3)10-7-6-8-13-10/h6-8,13,17H,5,9H2,1-4H3. The predicted octanol–water partition coefficient (Wildman–Crippen LogP) is 0.981. The van der Waals surface area contributed by atoms with Gasteiger partial charge in [-0.05, 0) is 32.1 Å². The molecule has 1 saturated heterocycles. The van der Waals surface area contributed by atoms with Crippen molar-refractivity contribution in [1.82, 2.24) is 14.2 Å². The summed E-state index contributed by atoms with van der Waals surface area (Å²) < 4.78 is 7.53. The van der Waals surface area contributed by atoms with Crippen LogP contribution in [0.2, 0.25) is 13.6 Å².